The van der Waals surface area contributed by atoms with Gasteiger partial charge in [-0.25, -0.2) is 4.79 Å². The molecule has 3 aliphatic rings. The Morgan fingerprint density at radius 1 is 0.545 bits per heavy atom. The number of fused-ring (bicyclic) bond motifs is 1. The number of anilines is 1. The van der Waals surface area contributed by atoms with Gasteiger partial charge in [0.15, 0.2) is 5.96 Å². The van der Waals surface area contributed by atoms with Gasteiger partial charge < -0.3 is 90.4 Å². The van der Waals surface area contributed by atoms with Gasteiger partial charge in [-0.1, -0.05) is 146 Å². The van der Waals surface area contributed by atoms with Crippen LogP contribution in [0.4, 0.5) is 10.5 Å². The summed E-state index contributed by atoms with van der Waals surface area (Å²) < 4.78 is 5.56. The van der Waals surface area contributed by atoms with Gasteiger partial charge in [-0.2, -0.15) is 0 Å². The number of benzene rings is 6. The lowest BCUT2D eigenvalue weighted by Crippen LogP contribution is -2.65. The monoisotopic (exact) mass is 1560 g/mol. The van der Waals surface area contributed by atoms with E-state index in [0.717, 1.165) is 16.3 Å². The molecule has 0 aromatic heterocycles. The van der Waals surface area contributed by atoms with Crippen LogP contribution >= 0.6 is 11.6 Å². The Morgan fingerprint density at radius 2 is 1.03 bits per heavy atom. The number of primary amides is 2. The molecule has 596 valence electrons. The molecule has 9 atom stereocenters. The van der Waals surface area contributed by atoms with Gasteiger partial charge in [0.1, 0.15) is 59.9 Å². The lowest BCUT2D eigenvalue weighted by atomic mass is 9.93. The van der Waals surface area contributed by atoms with E-state index in [2.05, 4.69) is 63.4 Å². The molecule has 6 aromatic carbocycles. The van der Waals surface area contributed by atoms with E-state index in [-0.39, 0.29) is 89.2 Å². The van der Waals surface area contributed by atoms with E-state index in [4.69, 9.17) is 38.9 Å². The summed E-state index contributed by atoms with van der Waals surface area (Å²) >= 11 is 6.27. The summed E-state index contributed by atoms with van der Waals surface area (Å²) in [6, 6.07) is 28.2. The summed E-state index contributed by atoms with van der Waals surface area (Å²) in [4.78, 5) is 174. The second kappa shape index (κ2) is 40.9. The first-order chi connectivity index (χ1) is 53.7. The Hall–Kier alpha value is -11.5. The molecule has 1 aliphatic carbocycles. The molecule has 31 nitrogen and oxygen atoms in total. The first-order valence-corrected chi connectivity index (χ1v) is 37.9. The van der Waals surface area contributed by atoms with Crippen LogP contribution in [0.1, 0.15) is 98.6 Å². The summed E-state index contributed by atoms with van der Waals surface area (Å²) in [5.41, 5.74) is 19.1. The number of likely N-dealkylation sites (tertiary alicyclic amines) is 1. The Morgan fingerprint density at radius 3 is 1.57 bits per heavy atom. The summed E-state index contributed by atoms with van der Waals surface area (Å²) in [5, 5.41) is 51.0. The standard InChI is InChI=1S/C80H100ClN17O14/c1-48(68(82)101)87-75(108)67-17-11-35-98(67)76(109)60(16-10-34-86-78(83)84)94-77(110)80(32-8-9-33-80)96-74(107)65(44-51-18-20-54(21-19-51)46-97-36-38-112-39-37-97)92-70(103)63(43-53-25-30-59(31-26-53)88-49(2)100)91-73(106)66(47-99)93-71(104)61(41-50-12-4-3-5-13-50)89-69(102)62(42-52-23-28-58(81)29-24-52)90-72(105)64(95-79(85)111)45-55-22-27-56-14-6-7-15-57(56)40-55/h3-7,12-15,18-31,40,48,60-67,99H,8-11,16-17,32-39,41-47H2,1-2H3,(H2,82,101)(H,87,108)(H,88,100)(H,89,102)(H,90,105)(H,91,106)(H,92,103)(H,93,104)(H,94,110)(H,96,107)(H4,83,84,86)(H3,85,95,111)/t48-,60+,61-,62-,63+,64-,65-,66+,67+/m1/s1. The molecule has 112 heavy (non-hydrogen) atoms. The molecule has 2 aliphatic heterocycles. The van der Waals surface area contributed by atoms with Crippen molar-refractivity contribution < 1.29 is 67.4 Å². The number of carbonyl (C=O) groups is 12. The SMILES string of the molecule is CC(=O)Nc1ccc(C[C@H](NC(=O)[C@H](CO)NC(=O)[C@@H](Cc2ccccc2)NC(=O)[C@@H](Cc2ccc(Cl)cc2)NC(=O)[C@@H](Cc2ccc3ccccc3c2)NC(N)=O)C(=O)N[C@H](Cc2ccc(CN3CCOCC3)cc2)C(=O)NC2(C(=O)N[C@@H](CCCNC(=N)N)C(=O)N3CCC[C@H]3C(=O)N[C@H](C)C(N)=O)CCCC2)cc1. The highest BCUT2D eigenvalue weighted by molar-refractivity contribution is 6.30. The predicted octanol–water partition coefficient (Wildman–Crippen LogP) is 1.41. The maximum absolute atomic E-state index is 15.5. The van der Waals surface area contributed by atoms with Gasteiger partial charge in [0, 0.05) is 82.5 Å². The molecule has 32 heteroatoms. The zero-order valence-electron chi connectivity index (χ0n) is 62.7. The van der Waals surface area contributed by atoms with Crippen LogP contribution in [0.5, 0.6) is 0 Å². The molecule has 0 radical (unpaired) electrons. The first-order valence-electron chi connectivity index (χ1n) is 37.5. The summed E-state index contributed by atoms with van der Waals surface area (Å²) in [6.45, 7) is 5.12. The summed E-state index contributed by atoms with van der Waals surface area (Å²) in [6.07, 6.45) is 1.09. The van der Waals surface area contributed by atoms with Crippen molar-refractivity contribution in [3.63, 3.8) is 0 Å². The molecule has 3 fully saturated rings. The number of morpholine rings is 1. The number of carbonyl (C=O) groups excluding carboxylic acids is 12. The number of amides is 13. The largest absolute Gasteiger partial charge is 0.394 e. The molecule has 1 saturated carbocycles. The van der Waals surface area contributed by atoms with Crippen LogP contribution in [-0.2, 0) is 96.1 Å². The van der Waals surface area contributed by atoms with Crippen molar-refractivity contribution in [1.82, 2.24) is 63.0 Å². The van der Waals surface area contributed by atoms with Crippen LogP contribution in [0, 0.1) is 5.41 Å². The van der Waals surface area contributed by atoms with Gasteiger partial charge in [0.25, 0.3) is 0 Å². The third-order valence-corrected chi connectivity index (χ3v) is 20.3. The number of aliphatic hydroxyl groups is 1. The molecule has 0 spiro atoms. The Labute approximate surface area is 654 Å². The van der Waals surface area contributed by atoms with Crippen molar-refractivity contribution in [3.05, 3.63) is 184 Å². The van der Waals surface area contributed by atoms with Crippen molar-refractivity contribution in [2.75, 3.05) is 51.3 Å². The Bertz CT molecular complexity index is 4320. The van der Waals surface area contributed by atoms with Crippen molar-refractivity contribution in [2.24, 2.45) is 17.2 Å². The van der Waals surface area contributed by atoms with Gasteiger partial charge in [0.05, 0.1) is 19.8 Å². The molecule has 0 bridgehead atoms. The number of nitrogens with one attached hydrogen (secondary N) is 12. The lowest BCUT2D eigenvalue weighted by Gasteiger charge is -2.34. The zero-order chi connectivity index (χ0) is 80.4. The highest BCUT2D eigenvalue weighted by Crippen LogP contribution is 2.32. The van der Waals surface area contributed by atoms with Gasteiger partial charge in [-0.15, -0.1) is 0 Å². The van der Waals surface area contributed by atoms with Crippen LogP contribution < -0.4 is 75.7 Å². The topological polar surface area (TPSA) is 475 Å². The summed E-state index contributed by atoms with van der Waals surface area (Å²) in [7, 11) is 0. The van der Waals surface area contributed by atoms with Gasteiger partial charge >= 0.3 is 6.03 Å². The van der Waals surface area contributed by atoms with E-state index < -0.39 is 132 Å². The minimum Gasteiger partial charge on any atom is -0.394 e. The van der Waals surface area contributed by atoms with Crippen LogP contribution in [-0.4, -0.2) is 198 Å². The third-order valence-electron chi connectivity index (χ3n) is 20.0. The van der Waals surface area contributed by atoms with E-state index in [9.17, 15) is 48.3 Å². The number of hydrogen-bond acceptors (Lipinski definition) is 16. The molecule has 19 N–H and O–H groups in total. The first kappa shape index (κ1) is 84.5. The highest BCUT2D eigenvalue weighted by Gasteiger charge is 2.47. The predicted molar refractivity (Wildman–Crippen MR) is 419 cm³/mol. The van der Waals surface area contributed by atoms with E-state index >= 15 is 14.4 Å². The second-order valence-electron chi connectivity index (χ2n) is 28.6. The number of aliphatic hydroxyl groups excluding tert-OH is 1. The summed E-state index contributed by atoms with van der Waals surface area (Å²) in [5.74, 6) is -8.95. The minimum atomic E-state index is -1.84. The fourth-order valence-corrected chi connectivity index (χ4v) is 14.1. The number of ether oxygens (including phenoxy) is 1. The number of nitrogens with zero attached hydrogens (tertiary/aromatic N) is 2. The lowest BCUT2D eigenvalue weighted by molar-refractivity contribution is -0.143. The van der Waals surface area contributed by atoms with Crippen molar-refractivity contribution in [3.8, 4) is 0 Å². The van der Waals surface area contributed by atoms with Crippen molar-refractivity contribution in [1.29, 1.82) is 5.41 Å². The Balaban J connectivity index is 0.990. The molecule has 13 amide bonds. The molecule has 0 unspecified atom stereocenters. The van der Waals surface area contributed by atoms with E-state index in [0.29, 0.717) is 90.6 Å². The quantitative estimate of drug-likeness (QED) is 0.0149. The third kappa shape index (κ3) is 25.0. The van der Waals surface area contributed by atoms with Gasteiger partial charge in [0.2, 0.25) is 65.0 Å². The van der Waals surface area contributed by atoms with E-state index in [1.807, 2.05) is 48.5 Å². The number of hydrogen-bond donors (Lipinski definition) is 16. The highest BCUT2D eigenvalue weighted by atomic mass is 35.5. The number of halogens is 1. The minimum absolute atomic E-state index is 0.00539. The van der Waals surface area contributed by atoms with Crippen LogP contribution in [0.25, 0.3) is 10.8 Å². The molecule has 9 rings (SSSR count). The average molecular weight is 1560 g/mol. The van der Waals surface area contributed by atoms with Crippen LogP contribution in [0.2, 0.25) is 5.02 Å². The normalized spacial score (nSPS) is 16.7. The van der Waals surface area contributed by atoms with Crippen molar-refractivity contribution >= 4 is 105 Å². The van der Waals surface area contributed by atoms with E-state index in [1.54, 1.807) is 97.1 Å². The van der Waals surface area contributed by atoms with Crippen molar-refractivity contribution in [2.45, 2.75) is 164 Å². The maximum atomic E-state index is 15.5. The number of nitrogens with two attached hydrogens (primary N) is 3. The number of urea groups is 1. The smallest absolute Gasteiger partial charge is 0.312 e. The maximum Gasteiger partial charge on any atom is 0.312 e. The molecule has 2 heterocycles. The van der Waals surface area contributed by atoms with Gasteiger partial charge in [-0.3, -0.25) is 63.0 Å². The molecule has 6 aromatic rings. The molecular weight excluding hydrogens is 1460 g/mol. The zero-order valence-corrected chi connectivity index (χ0v) is 63.4. The fourth-order valence-electron chi connectivity index (χ4n) is 14.0. The van der Waals surface area contributed by atoms with E-state index in [1.165, 1.54) is 18.7 Å². The molecule has 2 saturated heterocycles. The Kier molecular flexibility index (Phi) is 30.9. The van der Waals surface area contributed by atoms with Crippen LogP contribution in [0.3, 0.4) is 0 Å². The average Bonchev–Trinajstić information content (AvgIpc) is 1.57. The number of rotatable bonds is 37. The number of guanidine groups is 1. The molecular formula is C80H100ClN17O14. The fraction of sp³-hybridized carbons (Fsp3) is 0.412. The second-order valence-corrected chi connectivity index (χ2v) is 29.0. The van der Waals surface area contributed by atoms with Gasteiger partial charge in [-0.05, 0) is 114 Å². The van der Waals surface area contributed by atoms with Crippen LogP contribution in [0.15, 0.2) is 146 Å².